The number of fused-ring (bicyclic) bond motifs is 2. The van der Waals surface area contributed by atoms with Gasteiger partial charge in [-0.1, -0.05) is 55.5 Å². The van der Waals surface area contributed by atoms with Crippen molar-refractivity contribution < 1.29 is 38.3 Å². The number of nitrogens with one attached hydrogen (secondary N) is 4. The molecule has 8 unspecified atom stereocenters. The van der Waals surface area contributed by atoms with Crippen LogP contribution in [-0.4, -0.2) is 119 Å². The molecule has 15 nitrogen and oxygen atoms in total. The van der Waals surface area contributed by atoms with E-state index in [0.717, 1.165) is 5.56 Å². The Hall–Kier alpha value is -5.91. The van der Waals surface area contributed by atoms with E-state index in [4.69, 9.17) is 11.2 Å². The first-order valence-corrected chi connectivity index (χ1v) is 18.6. The van der Waals surface area contributed by atoms with Gasteiger partial charge in [-0.05, 0) is 56.7 Å². The number of hydrogen-bond acceptors (Lipinski definition) is 8. The highest BCUT2D eigenvalue weighted by molar-refractivity contribution is 5.98. The van der Waals surface area contributed by atoms with Crippen LogP contribution in [-0.2, 0) is 39.9 Å². The maximum Gasteiger partial charge on any atom is 0.329 e. The Bertz CT molecular complexity index is 1800. The van der Waals surface area contributed by atoms with Crippen molar-refractivity contribution in [2.24, 2.45) is 5.92 Å². The first kappa shape index (κ1) is 40.3. The first-order chi connectivity index (χ1) is 26.3. The van der Waals surface area contributed by atoms with Crippen molar-refractivity contribution >= 4 is 47.2 Å². The molecular formula is C40H49N7O8. The topological polar surface area (TPSA) is 187 Å². The molecule has 3 heterocycles. The van der Waals surface area contributed by atoms with Crippen LogP contribution in [0.5, 0.6) is 0 Å². The number of anilines is 1. The third-order valence-electron chi connectivity index (χ3n) is 10.3. The van der Waals surface area contributed by atoms with E-state index < -0.39 is 83.9 Å². The maximum absolute atomic E-state index is 14.6. The van der Waals surface area contributed by atoms with Crippen molar-refractivity contribution in [2.45, 2.75) is 95.2 Å². The van der Waals surface area contributed by atoms with Gasteiger partial charge in [0.1, 0.15) is 42.4 Å². The monoisotopic (exact) mass is 755 g/mol. The van der Waals surface area contributed by atoms with Crippen LogP contribution >= 0.6 is 0 Å². The summed E-state index contributed by atoms with van der Waals surface area (Å²) in [4.78, 5) is 101. The number of carbonyl (C=O) groups is 7. The van der Waals surface area contributed by atoms with Crippen molar-refractivity contribution in [1.29, 1.82) is 0 Å². The Morgan fingerprint density at radius 1 is 0.927 bits per heavy atom. The highest BCUT2D eigenvalue weighted by Crippen LogP contribution is 2.27. The molecule has 0 saturated carbocycles. The van der Waals surface area contributed by atoms with E-state index in [1.807, 2.05) is 13.0 Å². The molecule has 3 saturated heterocycles. The number of ether oxygens (including phenoxy) is 1. The summed E-state index contributed by atoms with van der Waals surface area (Å²) >= 11 is 0. The van der Waals surface area contributed by atoms with Gasteiger partial charge >= 0.3 is 12.0 Å². The van der Waals surface area contributed by atoms with Crippen LogP contribution in [0.3, 0.4) is 0 Å². The minimum atomic E-state index is -1.51. The van der Waals surface area contributed by atoms with Gasteiger partial charge in [-0.3, -0.25) is 24.0 Å². The molecule has 0 spiro atoms. The molecule has 15 heteroatoms. The van der Waals surface area contributed by atoms with Crippen LogP contribution in [0.2, 0.25) is 0 Å². The number of carbonyl (C=O) groups excluding carboxylic acids is 7. The summed E-state index contributed by atoms with van der Waals surface area (Å²) in [6.07, 6.45) is 5.20. The molecule has 4 N–H and O–H groups in total. The van der Waals surface area contributed by atoms with E-state index in [1.165, 1.54) is 35.6 Å². The smallest absolute Gasteiger partial charge is 0.329 e. The number of cyclic esters (lactones) is 1. The quantitative estimate of drug-likeness (QED) is 0.242. The summed E-state index contributed by atoms with van der Waals surface area (Å²) in [6.45, 7) is 5.19. The fourth-order valence-electron chi connectivity index (χ4n) is 7.37. The third kappa shape index (κ3) is 9.61. The van der Waals surface area contributed by atoms with Gasteiger partial charge in [0, 0.05) is 38.7 Å². The molecule has 8 atom stereocenters. The summed E-state index contributed by atoms with van der Waals surface area (Å²) in [6, 6.07) is 9.99. The van der Waals surface area contributed by atoms with Gasteiger partial charge in [-0.2, -0.15) is 0 Å². The molecule has 2 aromatic carbocycles. The van der Waals surface area contributed by atoms with Crippen molar-refractivity contribution in [3.8, 4) is 12.3 Å². The SMILES string of the molecule is C#CCC1C(=O)NC(C)C(=O)N2CC(C)CC2C(=O)OC(C)C(NC(=O)C(Cc2ccccc2)NC(=O)Nc2ccccc2)C(=O)N2CCCC2C(=O)N1C. The Kier molecular flexibility index (Phi) is 13.1. The van der Waals surface area contributed by atoms with E-state index in [1.54, 1.807) is 54.6 Å². The largest absolute Gasteiger partial charge is 0.458 e. The standard InChI is InChI=1S/C40H49N7O8/c1-6-14-30-35(49)41-25(3)36(50)47-23-24(2)21-32(47)39(53)55-26(4)33(38(52)46-20-13-19-31(46)37(51)45(30)5)44-34(48)29(22-27-15-9-7-10-16-27)43-40(54)42-28-17-11-8-12-18-28/h1,7-12,15-18,24-26,29-33H,13-14,19-23H2,2-5H3,(H,41,49)(H,44,48)(H2,42,43,54). The molecule has 2 aromatic rings. The minimum Gasteiger partial charge on any atom is -0.458 e. The second-order valence-corrected chi connectivity index (χ2v) is 14.5. The Balaban J connectivity index is 1.49. The Morgan fingerprint density at radius 2 is 1.60 bits per heavy atom. The summed E-state index contributed by atoms with van der Waals surface area (Å²) in [7, 11) is 1.42. The van der Waals surface area contributed by atoms with Gasteiger partial charge in [-0.25, -0.2) is 9.59 Å². The van der Waals surface area contributed by atoms with Gasteiger partial charge in [-0.15, -0.1) is 12.3 Å². The van der Waals surface area contributed by atoms with Crippen LogP contribution < -0.4 is 21.3 Å². The number of benzene rings is 2. The predicted octanol–water partition coefficient (Wildman–Crippen LogP) is 1.43. The fraction of sp³-hybridized carbons (Fsp3) is 0.475. The average Bonchev–Trinajstić information content (AvgIpc) is 3.82. The molecule has 0 bridgehead atoms. The van der Waals surface area contributed by atoms with E-state index >= 15 is 0 Å². The van der Waals surface area contributed by atoms with Crippen LogP contribution in [0.15, 0.2) is 60.7 Å². The Morgan fingerprint density at radius 3 is 2.27 bits per heavy atom. The molecule has 0 aromatic heterocycles. The lowest BCUT2D eigenvalue weighted by atomic mass is 10.0. The Labute approximate surface area is 320 Å². The molecule has 7 amide bonds. The van der Waals surface area contributed by atoms with E-state index in [9.17, 15) is 33.6 Å². The van der Waals surface area contributed by atoms with Gasteiger partial charge in [0.05, 0.1) is 0 Å². The van der Waals surface area contributed by atoms with Gasteiger partial charge in [0.25, 0.3) is 0 Å². The average molecular weight is 756 g/mol. The maximum atomic E-state index is 14.6. The number of rotatable bonds is 7. The van der Waals surface area contributed by atoms with Crippen molar-refractivity contribution in [3.05, 3.63) is 66.2 Å². The summed E-state index contributed by atoms with van der Waals surface area (Å²) in [5, 5.41) is 10.8. The lowest BCUT2D eigenvalue weighted by Crippen LogP contribution is -2.62. The van der Waals surface area contributed by atoms with E-state index in [2.05, 4.69) is 27.2 Å². The van der Waals surface area contributed by atoms with Gasteiger partial charge in [0.2, 0.25) is 29.5 Å². The molecular weight excluding hydrogens is 706 g/mol. The number of likely N-dealkylation sites (N-methyl/N-ethyl adjacent to an activating group) is 1. The van der Waals surface area contributed by atoms with Crippen LogP contribution in [0.25, 0.3) is 0 Å². The van der Waals surface area contributed by atoms with E-state index in [0.29, 0.717) is 12.1 Å². The lowest BCUT2D eigenvalue weighted by Gasteiger charge is -2.36. The second-order valence-electron chi connectivity index (χ2n) is 14.5. The zero-order valence-electron chi connectivity index (χ0n) is 31.5. The first-order valence-electron chi connectivity index (χ1n) is 18.6. The highest BCUT2D eigenvalue weighted by Gasteiger charge is 2.46. The van der Waals surface area contributed by atoms with Crippen molar-refractivity contribution in [2.75, 3.05) is 25.5 Å². The van der Waals surface area contributed by atoms with Crippen LogP contribution in [0, 0.1) is 18.3 Å². The summed E-state index contributed by atoms with van der Waals surface area (Å²) in [5.41, 5.74) is 1.21. The number of esters is 1. The summed E-state index contributed by atoms with van der Waals surface area (Å²) < 4.78 is 5.91. The van der Waals surface area contributed by atoms with Gasteiger partial charge in [0.15, 0.2) is 0 Å². The molecule has 55 heavy (non-hydrogen) atoms. The van der Waals surface area contributed by atoms with Crippen molar-refractivity contribution in [1.82, 2.24) is 30.7 Å². The summed E-state index contributed by atoms with van der Waals surface area (Å²) in [5.74, 6) is -1.63. The van der Waals surface area contributed by atoms with Crippen molar-refractivity contribution in [3.63, 3.8) is 0 Å². The number of para-hydroxylation sites is 1. The number of urea groups is 1. The second kappa shape index (κ2) is 17.9. The number of amides is 7. The number of nitrogens with zero attached hydrogens (tertiary/aromatic N) is 3. The molecule has 0 aliphatic carbocycles. The minimum absolute atomic E-state index is 0.0490. The normalized spacial score (nSPS) is 26.9. The highest BCUT2D eigenvalue weighted by atomic mass is 16.5. The fourth-order valence-corrected chi connectivity index (χ4v) is 7.37. The number of terminal acetylenes is 1. The molecule has 0 radical (unpaired) electrons. The number of hydrogen-bond donors (Lipinski definition) is 4. The van der Waals surface area contributed by atoms with E-state index in [-0.39, 0.29) is 44.7 Å². The third-order valence-corrected chi connectivity index (χ3v) is 10.3. The predicted molar refractivity (Wildman–Crippen MR) is 202 cm³/mol. The van der Waals surface area contributed by atoms with Crippen LogP contribution in [0.4, 0.5) is 10.5 Å². The molecule has 292 valence electrons. The molecule has 3 fully saturated rings. The van der Waals surface area contributed by atoms with Crippen LogP contribution in [0.1, 0.15) is 52.0 Å². The zero-order chi connectivity index (χ0) is 39.8. The zero-order valence-corrected chi connectivity index (χ0v) is 31.5. The molecule has 3 aliphatic heterocycles. The lowest BCUT2D eigenvalue weighted by molar-refractivity contribution is -0.162. The van der Waals surface area contributed by atoms with Gasteiger partial charge < -0.3 is 40.7 Å². The molecule has 5 rings (SSSR count). The molecule has 3 aliphatic rings.